The largest absolute Gasteiger partial charge is 0.468 e. The summed E-state index contributed by atoms with van der Waals surface area (Å²) in [5.41, 5.74) is 0. The molecular formula is C13H21NO3S2. The van der Waals surface area contributed by atoms with E-state index in [2.05, 4.69) is 0 Å². The third kappa shape index (κ3) is 4.00. The molecule has 0 aromatic carbocycles. The first-order valence-electron chi connectivity index (χ1n) is 6.76. The molecule has 0 saturated carbocycles. The van der Waals surface area contributed by atoms with Gasteiger partial charge >= 0.3 is 0 Å². The van der Waals surface area contributed by atoms with Gasteiger partial charge in [0.1, 0.15) is 5.76 Å². The Morgan fingerprint density at radius 1 is 1.47 bits per heavy atom. The molecular weight excluding hydrogens is 282 g/mol. The normalized spacial score (nSPS) is 22.3. The van der Waals surface area contributed by atoms with Crippen molar-refractivity contribution in [1.29, 1.82) is 0 Å². The molecule has 0 radical (unpaired) electrons. The van der Waals surface area contributed by atoms with Crippen molar-refractivity contribution in [3.05, 3.63) is 24.2 Å². The summed E-state index contributed by atoms with van der Waals surface area (Å²) in [4.78, 5) is 0. The molecule has 1 fully saturated rings. The van der Waals surface area contributed by atoms with Crippen LogP contribution in [0.15, 0.2) is 22.8 Å². The topological polar surface area (TPSA) is 50.5 Å². The molecule has 1 saturated heterocycles. The van der Waals surface area contributed by atoms with Crippen LogP contribution in [0.5, 0.6) is 0 Å². The number of thioether (sulfide) groups is 1. The summed E-state index contributed by atoms with van der Waals surface area (Å²) < 4.78 is 31.4. The molecule has 6 heteroatoms. The summed E-state index contributed by atoms with van der Waals surface area (Å²) in [6, 6.07) is 3.86. The Morgan fingerprint density at radius 3 is 3.00 bits per heavy atom. The molecule has 1 aromatic rings. The maximum absolute atomic E-state index is 12.2. The van der Waals surface area contributed by atoms with E-state index in [0.29, 0.717) is 13.1 Å². The summed E-state index contributed by atoms with van der Waals surface area (Å²) in [6.07, 6.45) is 4.16. The lowest BCUT2D eigenvalue weighted by atomic mass is 10.2. The van der Waals surface area contributed by atoms with E-state index in [9.17, 15) is 8.42 Å². The van der Waals surface area contributed by atoms with Gasteiger partial charge in [0.25, 0.3) is 0 Å². The number of sulfonamides is 1. The average Bonchev–Trinajstić information content (AvgIpc) is 2.80. The summed E-state index contributed by atoms with van der Waals surface area (Å²) >= 11 is 1.79. The highest BCUT2D eigenvalue weighted by Gasteiger charge is 2.27. The van der Waals surface area contributed by atoms with Crippen molar-refractivity contribution in [2.24, 2.45) is 0 Å². The fraction of sp³-hybridized carbons (Fsp3) is 0.692. The van der Waals surface area contributed by atoms with Crippen LogP contribution in [0.25, 0.3) is 0 Å². The second kappa shape index (κ2) is 6.81. The molecule has 19 heavy (non-hydrogen) atoms. The predicted octanol–water partition coefficient (Wildman–Crippen LogP) is 2.89. The molecule has 2 heterocycles. The van der Waals surface area contributed by atoms with Crippen LogP contribution in [-0.4, -0.2) is 37.3 Å². The molecule has 1 aliphatic rings. The molecule has 1 atom stereocenters. The molecule has 4 nitrogen and oxygen atoms in total. The first-order chi connectivity index (χ1) is 9.13. The number of nitrogens with zero attached hydrogens (tertiary/aromatic N) is 1. The van der Waals surface area contributed by atoms with Crippen LogP contribution < -0.4 is 0 Å². The minimum Gasteiger partial charge on any atom is -0.468 e. The number of hydrogen-bond donors (Lipinski definition) is 0. The monoisotopic (exact) mass is 303 g/mol. The smallest absolute Gasteiger partial charge is 0.214 e. The van der Waals surface area contributed by atoms with Crippen LogP contribution >= 0.6 is 11.8 Å². The zero-order chi connectivity index (χ0) is 13.7. The second-order valence-electron chi connectivity index (χ2n) is 4.73. The highest BCUT2D eigenvalue weighted by Crippen LogP contribution is 2.35. The Bertz CT molecular complexity index is 470. The van der Waals surface area contributed by atoms with E-state index in [0.717, 1.165) is 30.8 Å². The van der Waals surface area contributed by atoms with Gasteiger partial charge in [-0.3, -0.25) is 0 Å². The van der Waals surface area contributed by atoms with Crippen molar-refractivity contribution in [2.75, 3.05) is 24.6 Å². The Hall–Kier alpha value is -0.460. The van der Waals surface area contributed by atoms with E-state index in [1.165, 1.54) is 0 Å². The van der Waals surface area contributed by atoms with E-state index in [1.807, 2.05) is 19.1 Å². The lowest BCUT2D eigenvalue weighted by molar-refractivity contribution is 0.416. The highest BCUT2D eigenvalue weighted by molar-refractivity contribution is 7.99. The van der Waals surface area contributed by atoms with E-state index in [1.54, 1.807) is 22.3 Å². The van der Waals surface area contributed by atoms with Crippen molar-refractivity contribution in [1.82, 2.24) is 4.31 Å². The average molecular weight is 303 g/mol. The fourth-order valence-electron chi connectivity index (χ4n) is 2.19. The van der Waals surface area contributed by atoms with Gasteiger partial charge in [0, 0.05) is 18.8 Å². The van der Waals surface area contributed by atoms with Gasteiger partial charge in [-0.25, -0.2) is 12.7 Å². The minimum atomic E-state index is -3.07. The third-order valence-corrected chi connectivity index (χ3v) is 6.56. The fourth-order valence-corrected chi connectivity index (χ4v) is 5.15. The first-order valence-corrected chi connectivity index (χ1v) is 9.42. The predicted molar refractivity (Wildman–Crippen MR) is 78.8 cm³/mol. The van der Waals surface area contributed by atoms with Crippen LogP contribution in [0, 0.1) is 0 Å². The van der Waals surface area contributed by atoms with Gasteiger partial charge in [-0.05, 0) is 25.0 Å². The van der Waals surface area contributed by atoms with Gasteiger partial charge in [0.2, 0.25) is 10.0 Å². The van der Waals surface area contributed by atoms with Crippen LogP contribution in [0.1, 0.15) is 37.2 Å². The maximum Gasteiger partial charge on any atom is 0.214 e. The van der Waals surface area contributed by atoms with E-state index in [-0.39, 0.29) is 11.0 Å². The SMILES string of the molecule is CCCCS(=O)(=O)N1CCSC(c2ccco2)CC1. The van der Waals surface area contributed by atoms with Crippen LogP contribution in [0.2, 0.25) is 0 Å². The van der Waals surface area contributed by atoms with Gasteiger partial charge in [0.05, 0.1) is 17.3 Å². The van der Waals surface area contributed by atoms with Gasteiger partial charge < -0.3 is 4.42 Å². The van der Waals surface area contributed by atoms with E-state index < -0.39 is 10.0 Å². The van der Waals surface area contributed by atoms with Crippen molar-refractivity contribution in [3.8, 4) is 0 Å². The van der Waals surface area contributed by atoms with Crippen LogP contribution in [-0.2, 0) is 10.0 Å². The Morgan fingerprint density at radius 2 is 2.32 bits per heavy atom. The molecule has 1 aromatic heterocycles. The third-order valence-electron chi connectivity index (χ3n) is 3.31. The van der Waals surface area contributed by atoms with Gasteiger partial charge in [-0.1, -0.05) is 13.3 Å². The Balaban J connectivity index is 1.97. The van der Waals surface area contributed by atoms with Crippen LogP contribution in [0.3, 0.4) is 0 Å². The zero-order valence-corrected chi connectivity index (χ0v) is 12.9. The summed E-state index contributed by atoms with van der Waals surface area (Å²) in [5.74, 6) is 2.06. The van der Waals surface area contributed by atoms with Crippen molar-refractivity contribution < 1.29 is 12.8 Å². The highest BCUT2D eigenvalue weighted by atomic mass is 32.2. The van der Waals surface area contributed by atoms with Crippen LogP contribution in [0.4, 0.5) is 0 Å². The molecule has 1 aliphatic heterocycles. The van der Waals surface area contributed by atoms with E-state index >= 15 is 0 Å². The van der Waals surface area contributed by atoms with Crippen molar-refractivity contribution >= 4 is 21.8 Å². The number of rotatable bonds is 5. The zero-order valence-electron chi connectivity index (χ0n) is 11.2. The number of furan rings is 1. The summed E-state index contributed by atoms with van der Waals surface area (Å²) in [7, 11) is -3.07. The lowest BCUT2D eigenvalue weighted by Crippen LogP contribution is -2.34. The molecule has 0 N–H and O–H groups in total. The molecule has 108 valence electrons. The number of hydrogen-bond acceptors (Lipinski definition) is 4. The maximum atomic E-state index is 12.2. The summed E-state index contributed by atoms with van der Waals surface area (Å²) in [5, 5.41) is 0.279. The second-order valence-corrected chi connectivity index (χ2v) is 8.13. The Labute approximate surface area is 119 Å². The van der Waals surface area contributed by atoms with Crippen molar-refractivity contribution in [3.63, 3.8) is 0 Å². The quantitative estimate of drug-likeness (QED) is 0.839. The molecule has 0 spiro atoms. The molecule has 0 amide bonds. The lowest BCUT2D eigenvalue weighted by Gasteiger charge is -2.19. The molecule has 0 bridgehead atoms. The van der Waals surface area contributed by atoms with Gasteiger partial charge in [0.15, 0.2) is 0 Å². The first kappa shape index (κ1) is 14.9. The van der Waals surface area contributed by atoms with Gasteiger partial charge in [-0.2, -0.15) is 0 Å². The molecule has 2 rings (SSSR count). The number of unbranched alkanes of at least 4 members (excludes halogenated alkanes) is 1. The summed E-state index contributed by atoms with van der Waals surface area (Å²) in [6.45, 7) is 3.24. The minimum absolute atomic E-state index is 0.277. The molecule has 1 unspecified atom stereocenters. The molecule has 0 aliphatic carbocycles. The Kier molecular flexibility index (Phi) is 5.36. The van der Waals surface area contributed by atoms with Gasteiger partial charge in [-0.15, -0.1) is 11.8 Å². The van der Waals surface area contributed by atoms with E-state index in [4.69, 9.17) is 4.42 Å². The van der Waals surface area contributed by atoms with Crippen molar-refractivity contribution in [2.45, 2.75) is 31.4 Å². The standard InChI is InChI=1S/C13H21NO3S2/c1-2-3-11-19(15,16)14-7-6-13(18-10-8-14)12-5-4-9-17-12/h4-5,9,13H,2-3,6-8,10-11H2,1H3.